The minimum atomic E-state index is -0.441. The van der Waals surface area contributed by atoms with Crippen LogP contribution in [0.3, 0.4) is 0 Å². The van der Waals surface area contributed by atoms with Crippen molar-refractivity contribution in [3.8, 4) is 0 Å². The zero-order valence-electron chi connectivity index (χ0n) is 10.00. The molecular weight excluding hydrogens is 198 g/mol. The number of nitrogens with one attached hydrogen (secondary N) is 1. The topological polar surface area (TPSA) is 32.3 Å². The van der Waals surface area contributed by atoms with E-state index in [9.17, 15) is 5.11 Å². The first-order chi connectivity index (χ1) is 7.68. The van der Waals surface area contributed by atoms with E-state index in [2.05, 4.69) is 36.5 Å². The van der Waals surface area contributed by atoms with E-state index in [0.717, 1.165) is 25.9 Å². The summed E-state index contributed by atoms with van der Waals surface area (Å²) in [7, 11) is 0. The van der Waals surface area contributed by atoms with Gasteiger partial charge in [0.2, 0.25) is 0 Å². The maximum absolute atomic E-state index is 10.2. The third kappa shape index (κ3) is 3.06. The van der Waals surface area contributed by atoms with Gasteiger partial charge in [0, 0.05) is 13.1 Å². The first-order valence-corrected chi connectivity index (χ1v) is 6.17. The van der Waals surface area contributed by atoms with Crippen molar-refractivity contribution < 1.29 is 5.11 Å². The summed E-state index contributed by atoms with van der Waals surface area (Å²) in [6.07, 6.45) is 4.24. The fourth-order valence-electron chi connectivity index (χ4n) is 2.47. The second kappa shape index (κ2) is 4.98. The Hall–Kier alpha value is -0.860. The normalized spacial score (nSPS) is 18.9. The number of benzene rings is 1. The third-order valence-corrected chi connectivity index (χ3v) is 3.40. The van der Waals surface area contributed by atoms with Crippen molar-refractivity contribution in [3.63, 3.8) is 0 Å². The molecule has 0 heterocycles. The monoisotopic (exact) mass is 219 g/mol. The van der Waals surface area contributed by atoms with Crippen LogP contribution in [0.2, 0.25) is 0 Å². The molecule has 1 aromatic rings. The lowest BCUT2D eigenvalue weighted by Gasteiger charge is -2.22. The van der Waals surface area contributed by atoms with Crippen LogP contribution in [0.25, 0.3) is 0 Å². The number of aliphatic hydroxyl groups is 1. The van der Waals surface area contributed by atoms with Gasteiger partial charge < -0.3 is 10.4 Å². The van der Waals surface area contributed by atoms with Gasteiger partial charge in [-0.15, -0.1) is 0 Å². The molecule has 2 N–H and O–H groups in total. The molecule has 0 spiro atoms. The average molecular weight is 219 g/mol. The molecule has 0 aromatic heterocycles. The largest absolute Gasteiger partial charge is 0.389 e. The Morgan fingerprint density at radius 2 is 2.06 bits per heavy atom. The number of hydrogen-bond donors (Lipinski definition) is 2. The highest BCUT2D eigenvalue weighted by Gasteiger charge is 2.30. The van der Waals surface area contributed by atoms with E-state index in [1.54, 1.807) is 0 Å². The highest BCUT2D eigenvalue weighted by atomic mass is 16.3. The smallest absolute Gasteiger partial charge is 0.0771 e. The van der Waals surface area contributed by atoms with E-state index in [1.807, 2.05) is 0 Å². The number of aryl methyl sites for hydroxylation is 1. The highest BCUT2D eigenvalue weighted by molar-refractivity contribution is 5.21. The van der Waals surface area contributed by atoms with Crippen molar-refractivity contribution in [1.82, 2.24) is 5.32 Å². The lowest BCUT2D eigenvalue weighted by atomic mass is 10.0. The maximum Gasteiger partial charge on any atom is 0.0771 e. The minimum Gasteiger partial charge on any atom is -0.389 e. The van der Waals surface area contributed by atoms with Crippen LogP contribution in [0, 0.1) is 6.92 Å². The lowest BCUT2D eigenvalue weighted by Crippen LogP contribution is -2.37. The fraction of sp³-hybridized carbons (Fsp3) is 0.571. The number of rotatable bonds is 4. The van der Waals surface area contributed by atoms with E-state index < -0.39 is 5.60 Å². The Morgan fingerprint density at radius 1 is 1.31 bits per heavy atom. The molecule has 1 fully saturated rings. The Bertz CT molecular complexity index is 342. The van der Waals surface area contributed by atoms with Gasteiger partial charge in [-0.2, -0.15) is 0 Å². The molecule has 2 rings (SSSR count). The summed E-state index contributed by atoms with van der Waals surface area (Å²) in [4.78, 5) is 0. The molecule has 0 bridgehead atoms. The highest BCUT2D eigenvalue weighted by Crippen LogP contribution is 2.28. The van der Waals surface area contributed by atoms with Crippen LogP contribution in [0.1, 0.15) is 36.8 Å². The lowest BCUT2D eigenvalue weighted by molar-refractivity contribution is 0.0475. The summed E-state index contributed by atoms with van der Waals surface area (Å²) in [5, 5.41) is 13.5. The summed E-state index contributed by atoms with van der Waals surface area (Å²) in [6.45, 7) is 3.68. The van der Waals surface area contributed by atoms with Crippen LogP contribution in [0.5, 0.6) is 0 Å². The van der Waals surface area contributed by atoms with Crippen molar-refractivity contribution in [2.45, 2.75) is 44.8 Å². The predicted molar refractivity (Wildman–Crippen MR) is 66.3 cm³/mol. The summed E-state index contributed by atoms with van der Waals surface area (Å²) in [6, 6.07) is 8.50. The van der Waals surface area contributed by atoms with Gasteiger partial charge in [0.1, 0.15) is 0 Å². The summed E-state index contributed by atoms with van der Waals surface area (Å²) >= 11 is 0. The number of hydrogen-bond acceptors (Lipinski definition) is 2. The van der Waals surface area contributed by atoms with Crippen molar-refractivity contribution >= 4 is 0 Å². The summed E-state index contributed by atoms with van der Waals surface area (Å²) < 4.78 is 0. The van der Waals surface area contributed by atoms with Crippen LogP contribution in [0.4, 0.5) is 0 Å². The van der Waals surface area contributed by atoms with E-state index in [1.165, 1.54) is 24.0 Å². The zero-order chi connectivity index (χ0) is 11.4. The maximum atomic E-state index is 10.2. The van der Waals surface area contributed by atoms with Crippen LogP contribution >= 0.6 is 0 Å². The Labute approximate surface area is 97.7 Å². The van der Waals surface area contributed by atoms with Crippen molar-refractivity contribution in [2.75, 3.05) is 6.54 Å². The molecule has 0 radical (unpaired) electrons. The molecule has 0 saturated heterocycles. The molecular formula is C14H21NO. The molecule has 0 atom stereocenters. The second-order valence-electron chi connectivity index (χ2n) is 5.02. The van der Waals surface area contributed by atoms with E-state index in [4.69, 9.17) is 0 Å². The second-order valence-corrected chi connectivity index (χ2v) is 5.02. The van der Waals surface area contributed by atoms with Gasteiger partial charge in [0.05, 0.1) is 5.60 Å². The molecule has 1 aliphatic rings. The Kier molecular flexibility index (Phi) is 3.62. The van der Waals surface area contributed by atoms with Gasteiger partial charge in [-0.25, -0.2) is 0 Å². The molecule has 0 unspecified atom stereocenters. The predicted octanol–water partition coefficient (Wildman–Crippen LogP) is 2.39. The standard InChI is InChI=1S/C14H21NO/c1-12-5-4-6-13(9-12)10-15-11-14(16)7-2-3-8-14/h4-6,9,15-16H,2-3,7-8,10-11H2,1H3. The van der Waals surface area contributed by atoms with Gasteiger partial charge in [-0.05, 0) is 25.3 Å². The molecule has 2 nitrogen and oxygen atoms in total. The van der Waals surface area contributed by atoms with E-state index in [0.29, 0.717) is 0 Å². The first kappa shape index (κ1) is 11.6. The van der Waals surface area contributed by atoms with Crippen molar-refractivity contribution in [3.05, 3.63) is 35.4 Å². The van der Waals surface area contributed by atoms with Crippen LogP contribution in [-0.4, -0.2) is 17.3 Å². The fourth-order valence-corrected chi connectivity index (χ4v) is 2.47. The molecule has 1 saturated carbocycles. The average Bonchev–Trinajstić information content (AvgIpc) is 2.65. The van der Waals surface area contributed by atoms with E-state index >= 15 is 0 Å². The van der Waals surface area contributed by atoms with Gasteiger partial charge >= 0.3 is 0 Å². The molecule has 16 heavy (non-hydrogen) atoms. The minimum absolute atomic E-state index is 0.441. The van der Waals surface area contributed by atoms with E-state index in [-0.39, 0.29) is 0 Å². The van der Waals surface area contributed by atoms with Crippen LogP contribution < -0.4 is 5.32 Å². The molecule has 2 heteroatoms. The molecule has 0 amide bonds. The Balaban J connectivity index is 1.79. The first-order valence-electron chi connectivity index (χ1n) is 6.17. The molecule has 1 aromatic carbocycles. The quantitative estimate of drug-likeness (QED) is 0.815. The van der Waals surface area contributed by atoms with Gasteiger partial charge in [0.25, 0.3) is 0 Å². The van der Waals surface area contributed by atoms with Crippen molar-refractivity contribution in [1.29, 1.82) is 0 Å². The van der Waals surface area contributed by atoms with Crippen LogP contribution in [-0.2, 0) is 6.54 Å². The van der Waals surface area contributed by atoms with Crippen LogP contribution in [0.15, 0.2) is 24.3 Å². The summed E-state index contributed by atoms with van der Waals surface area (Å²) in [5.74, 6) is 0. The molecule has 0 aliphatic heterocycles. The molecule has 1 aliphatic carbocycles. The van der Waals surface area contributed by atoms with Gasteiger partial charge in [-0.3, -0.25) is 0 Å². The SMILES string of the molecule is Cc1cccc(CNCC2(O)CCCC2)c1. The van der Waals surface area contributed by atoms with Gasteiger partial charge in [-0.1, -0.05) is 42.7 Å². The van der Waals surface area contributed by atoms with Gasteiger partial charge in [0.15, 0.2) is 0 Å². The molecule has 88 valence electrons. The zero-order valence-corrected chi connectivity index (χ0v) is 10.00. The van der Waals surface area contributed by atoms with Crippen molar-refractivity contribution in [2.24, 2.45) is 0 Å². The third-order valence-electron chi connectivity index (χ3n) is 3.40. The Morgan fingerprint density at radius 3 is 2.75 bits per heavy atom. The summed E-state index contributed by atoms with van der Waals surface area (Å²) in [5.41, 5.74) is 2.14.